The molecule has 1 aromatic rings. The van der Waals surface area contributed by atoms with Gasteiger partial charge in [0, 0.05) is 12.7 Å². The zero-order chi connectivity index (χ0) is 11.4. The Hall–Kier alpha value is -1.88. The minimum atomic E-state index is -1.52. The van der Waals surface area contributed by atoms with Crippen LogP contribution in [-0.4, -0.2) is 30.1 Å². The predicted octanol–water partition coefficient (Wildman–Crippen LogP) is 0.0613. The van der Waals surface area contributed by atoms with Crippen molar-refractivity contribution < 1.29 is 14.7 Å². The van der Waals surface area contributed by atoms with Gasteiger partial charge in [0.15, 0.2) is 6.04 Å². The fourth-order valence-corrected chi connectivity index (χ4v) is 1.09. The molecule has 1 rings (SSSR count). The molecule has 5 heteroatoms. The number of hydrogen-bond donors (Lipinski definition) is 2. The van der Waals surface area contributed by atoms with Crippen LogP contribution in [0.25, 0.3) is 0 Å². The molecule has 15 heavy (non-hydrogen) atoms. The van der Waals surface area contributed by atoms with Crippen molar-refractivity contribution in [1.29, 1.82) is 0 Å². The van der Waals surface area contributed by atoms with Gasteiger partial charge in [0.1, 0.15) is 0 Å². The maximum atomic E-state index is 11.5. The molecule has 0 aliphatic heterocycles. The Balaban J connectivity index is 2.82. The molecule has 80 valence electrons. The van der Waals surface area contributed by atoms with Crippen LogP contribution in [0.1, 0.15) is 0 Å². The van der Waals surface area contributed by atoms with Gasteiger partial charge in [-0.1, -0.05) is 18.2 Å². The summed E-state index contributed by atoms with van der Waals surface area (Å²) in [5.74, 6) is -1.98. The number of carboxylic acids is 1. The first-order valence-corrected chi connectivity index (χ1v) is 4.35. The zero-order valence-electron chi connectivity index (χ0n) is 8.25. The number of anilines is 1. The molecular formula is C10H12N2O3. The number of aliphatic carboxylic acids is 1. The zero-order valence-corrected chi connectivity index (χ0v) is 8.25. The highest BCUT2D eigenvalue weighted by atomic mass is 16.4. The molecule has 0 heterocycles. The van der Waals surface area contributed by atoms with E-state index in [1.165, 1.54) is 11.9 Å². The van der Waals surface area contributed by atoms with Crippen LogP contribution < -0.4 is 10.6 Å². The van der Waals surface area contributed by atoms with E-state index in [-0.39, 0.29) is 0 Å². The third kappa shape index (κ3) is 2.54. The van der Waals surface area contributed by atoms with E-state index in [1.54, 1.807) is 30.3 Å². The fourth-order valence-electron chi connectivity index (χ4n) is 1.09. The molecule has 3 N–H and O–H groups in total. The molecule has 0 fully saturated rings. The lowest BCUT2D eigenvalue weighted by Crippen LogP contribution is -2.46. The van der Waals surface area contributed by atoms with Crippen molar-refractivity contribution in [2.45, 2.75) is 6.04 Å². The summed E-state index contributed by atoms with van der Waals surface area (Å²) in [5, 5.41) is 8.58. The Bertz CT molecular complexity index is 364. The number of para-hydroxylation sites is 1. The van der Waals surface area contributed by atoms with Crippen LogP contribution in [0.3, 0.4) is 0 Å². The monoisotopic (exact) mass is 208 g/mol. The molecule has 0 radical (unpaired) electrons. The third-order valence-electron chi connectivity index (χ3n) is 2.01. The summed E-state index contributed by atoms with van der Waals surface area (Å²) in [5.41, 5.74) is 5.82. The quantitative estimate of drug-likeness (QED) is 0.688. The summed E-state index contributed by atoms with van der Waals surface area (Å²) in [4.78, 5) is 23.2. The predicted molar refractivity (Wildman–Crippen MR) is 55.5 cm³/mol. The highest BCUT2D eigenvalue weighted by molar-refractivity contribution is 6.08. The highest BCUT2D eigenvalue weighted by Gasteiger charge is 2.25. The van der Waals surface area contributed by atoms with Crippen LogP contribution >= 0.6 is 0 Å². The van der Waals surface area contributed by atoms with Crippen LogP contribution in [0.4, 0.5) is 5.69 Å². The Morgan fingerprint density at radius 3 is 2.33 bits per heavy atom. The minimum absolute atomic E-state index is 0.610. The van der Waals surface area contributed by atoms with Crippen LogP contribution in [0.15, 0.2) is 30.3 Å². The maximum Gasteiger partial charge on any atom is 0.330 e. The average Bonchev–Trinajstić information content (AvgIpc) is 2.27. The van der Waals surface area contributed by atoms with E-state index in [0.29, 0.717) is 5.69 Å². The van der Waals surface area contributed by atoms with Crippen molar-refractivity contribution in [3.05, 3.63) is 30.3 Å². The molecule has 0 aliphatic rings. The SMILES string of the molecule is CN(C(=O)C(N)C(=O)O)c1ccccc1. The van der Waals surface area contributed by atoms with Gasteiger partial charge in [-0.2, -0.15) is 0 Å². The molecule has 0 spiro atoms. The van der Waals surface area contributed by atoms with E-state index < -0.39 is 17.9 Å². The van der Waals surface area contributed by atoms with Crippen LogP contribution in [0.5, 0.6) is 0 Å². The first-order valence-electron chi connectivity index (χ1n) is 4.35. The fraction of sp³-hybridized carbons (Fsp3) is 0.200. The second-order valence-corrected chi connectivity index (χ2v) is 3.05. The van der Waals surface area contributed by atoms with Crippen molar-refractivity contribution in [1.82, 2.24) is 0 Å². The first kappa shape index (κ1) is 11.2. The number of amides is 1. The van der Waals surface area contributed by atoms with Gasteiger partial charge in [-0.25, -0.2) is 4.79 Å². The van der Waals surface area contributed by atoms with Crippen LogP contribution in [0.2, 0.25) is 0 Å². The Morgan fingerprint density at radius 2 is 1.87 bits per heavy atom. The van der Waals surface area contributed by atoms with Gasteiger partial charge in [-0.3, -0.25) is 4.79 Å². The lowest BCUT2D eigenvalue weighted by molar-refractivity contribution is -0.142. The molecular weight excluding hydrogens is 196 g/mol. The third-order valence-corrected chi connectivity index (χ3v) is 2.01. The van der Waals surface area contributed by atoms with E-state index in [0.717, 1.165) is 0 Å². The van der Waals surface area contributed by atoms with Crippen LogP contribution in [0, 0.1) is 0 Å². The minimum Gasteiger partial charge on any atom is -0.480 e. The molecule has 1 atom stereocenters. The number of benzene rings is 1. The Labute approximate surface area is 87.1 Å². The molecule has 0 aliphatic carbocycles. The summed E-state index contributed by atoms with van der Waals surface area (Å²) >= 11 is 0. The summed E-state index contributed by atoms with van der Waals surface area (Å²) in [6.45, 7) is 0. The van der Waals surface area contributed by atoms with E-state index >= 15 is 0 Å². The average molecular weight is 208 g/mol. The van der Waals surface area contributed by atoms with Gasteiger partial charge in [0.2, 0.25) is 0 Å². The van der Waals surface area contributed by atoms with E-state index in [4.69, 9.17) is 10.8 Å². The van der Waals surface area contributed by atoms with Gasteiger partial charge < -0.3 is 15.7 Å². The number of rotatable bonds is 3. The number of nitrogens with zero attached hydrogens (tertiary/aromatic N) is 1. The molecule has 0 saturated heterocycles. The number of carbonyl (C=O) groups is 2. The van der Waals surface area contributed by atoms with E-state index in [1.807, 2.05) is 0 Å². The van der Waals surface area contributed by atoms with Crippen molar-refractivity contribution in [2.24, 2.45) is 5.73 Å². The molecule has 1 amide bonds. The lowest BCUT2D eigenvalue weighted by Gasteiger charge is -2.19. The lowest BCUT2D eigenvalue weighted by atomic mass is 10.2. The van der Waals surface area contributed by atoms with Crippen molar-refractivity contribution in [2.75, 3.05) is 11.9 Å². The number of nitrogens with two attached hydrogens (primary N) is 1. The smallest absolute Gasteiger partial charge is 0.330 e. The van der Waals surface area contributed by atoms with Gasteiger partial charge in [-0.15, -0.1) is 0 Å². The highest BCUT2D eigenvalue weighted by Crippen LogP contribution is 2.11. The second-order valence-electron chi connectivity index (χ2n) is 3.05. The maximum absolute atomic E-state index is 11.5. The number of carbonyl (C=O) groups excluding carboxylic acids is 1. The number of hydrogen-bond acceptors (Lipinski definition) is 3. The van der Waals surface area contributed by atoms with Crippen molar-refractivity contribution >= 4 is 17.6 Å². The molecule has 1 unspecified atom stereocenters. The Kier molecular flexibility index (Phi) is 3.41. The van der Waals surface area contributed by atoms with Crippen molar-refractivity contribution in [3.8, 4) is 0 Å². The molecule has 0 aromatic heterocycles. The molecule has 5 nitrogen and oxygen atoms in total. The largest absolute Gasteiger partial charge is 0.480 e. The van der Waals surface area contributed by atoms with Crippen molar-refractivity contribution in [3.63, 3.8) is 0 Å². The topological polar surface area (TPSA) is 83.6 Å². The standard InChI is InChI=1S/C10H12N2O3/c1-12(7-5-3-2-4-6-7)9(13)8(11)10(14)15/h2-6,8H,11H2,1H3,(H,14,15). The summed E-state index contributed by atoms with van der Waals surface area (Å²) < 4.78 is 0. The van der Waals surface area contributed by atoms with Gasteiger partial charge in [0.25, 0.3) is 5.91 Å². The second kappa shape index (κ2) is 4.56. The number of likely N-dealkylation sites (N-methyl/N-ethyl adjacent to an activating group) is 1. The van der Waals surface area contributed by atoms with Gasteiger partial charge in [0.05, 0.1) is 0 Å². The molecule has 1 aromatic carbocycles. The number of carboxylic acid groups (broad SMARTS) is 1. The Morgan fingerprint density at radius 1 is 1.33 bits per heavy atom. The summed E-state index contributed by atoms with van der Waals surface area (Å²) in [6, 6.07) is 7.20. The van der Waals surface area contributed by atoms with E-state index in [9.17, 15) is 9.59 Å². The normalized spacial score (nSPS) is 11.9. The molecule has 0 bridgehead atoms. The van der Waals surface area contributed by atoms with Gasteiger partial charge in [-0.05, 0) is 12.1 Å². The summed E-state index contributed by atoms with van der Waals surface area (Å²) in [7, 11) is 1.49. The summed E-state index contributed by atoms with van der Waals surface area (Å²) in [6.07, 6.45) is 0. The first-order chi connectivity index (χ1) is 7.04. The van der Waals surface area contributed by atoms with E-state index in [2.05, 4.69) is 0 Å². The van der Waals surface area contributed by atoms with Gasteiger partial charge >= 0.3 is 5.97 Å². The van der Waals surface area contributed by atoms with Crippen LogP contribution in [-0.2, 0) is 9.59 Å². The molecule has 0 saturated carbocycles.